The minimum atomic E-state index is -1.03. The van der Waals surface area contributed by atoms with E-state index in [4.69, 9.17) is 22.1 Å². The lowest BCUT2D eigenvalue weighted by Crippen LogP contribution is -2.27. The van der Waals surface area contributed by atoms with Crippen LogP contribution in [0, 0.1) is 0 Å². The topological polar surface area (TPSA) is 66.8 Å². The van der Waals surface area contributed by atoms with Crippen LogP contribution in [0.3, 0.4) is 0 Å². The molecular weight excluding hydrogens is 382 g/mol. The van der Waals surface area contributed by atoms with Gasteiger partial charge in [0.05, 0.1) is 10.6 Å². The summed E-state index contributed by atoms with van der Waals surface area (Å²) >= 11 is 6.65. The molecule has 1 aliphatic heterocycles. The van der Waals surface area contributed by atoms with Crippen LogP contribution in [-0.4, -0.2) is 27.9 Å². The molecule has 27 heavy (non-hydrogen) atoms. The number of hydrogen-bond acceptors (Lipinski definition) is 5. The Balaban J connectivity index is 1.76. The molecule has 1 heterocycles. The molecule has 0 aliphatic carbocycles. The lowest BCUT2D eigenvalue weighted by molar-refractivity contribution is -0.139. The number of ether oxygens (including phenoxy) is 1. The Morgan fingerprint density at radius 2 is 1.85 bits per heavy atom. The molecule has 2 aromatic rings. The number of carbonyl (C=O) groups is 2. The number of nitrogens with zero attached hydrogens (tertiary/aromatic N) is 1. The highest BCUT2D eigenvalue weighted by Gasteiger charge is 2.33. The molecule has 0 atom stereocenters. The van der Waals surface area contributed by atoms with Crippen LogP contribution in [0.2, 0.25) is 0 Å². The van der Waals surface area contributed by atoms with E-state index >= 15 is 0 Å². The van der Waals surface area contributed by atoms with Gasteiger partial charge >= 0.3 is 5.97 Å². The van der Waals surface area contributed by atoms with Crippen molar-refractivity contribution in [1.29, 1.82) is 0 Å². The van der Waals surface area contributed by atoms with Crippen LogP contribution >= 0.6 is 24.0 Å². The highest BCUT2D eigenvalue weighted by Crippen LogP contribution is 2.36. The maximum absolute atomic E-state index is 12.8. The monoisotopic (exact) mass is 399 g/mol. The van der Waals surface area contributed by atoms with E-state index in [1.54, 1.807) is 30.3 Å². The molecule has 0 aromatic heterocycles. The number of amides is 1. The normalized spacial score (nSPS) is 15.4. The molecule has 0 radical (unpaired) electrons. The number of thiocarbonyl (C=S) groups is 1. The molecule has 1 amide bonds. The van der Waals surface area contributed by atoms with Crippen LogP contribution in [0.4, 0.5) is 5.69 Å². The van der Waals surface area contributed by atoms with Gasteiger partial charge in [0.25, 0.3) is 5.91 Å². The number of aliphatic carboxylic acids is 1. The van der Waals surface area contributed by atoms with E-state index in [0.29, 0.717) is 15.0 Å². The van der Waals surface area contributed by atoms with Gasteiger partial charge in [0.15, 0.2) is 10.9 Å². The van der Waals surface area contributed by atoms with E-state index in [1.807, 2.05) is 24.3 Å². The fourth-order valence-corrected chi connectivity index (χ4v) is 3.83. The van der Waals surface area contributed by atoms with Crippen molar-refractivity contribution in [2.24, 2.45) is 0 Å². The van der Waals surface area contributed by atoms with Crippen LogP contribution in [0.1, 0.15) is 18.1 Å². The number of carboxylic acid groups (broad SMARTS) is 1. The summed E-state index contributed by atoms with van der Waals surface area (Å²) in [4.78, 5) is 25.4. The first-order chi connectivity index (χ1) is 13.0. The third-order valence-corrected chi connectivity index (χ3v) is 5.24. The fraction of sp³-hybridized carbons (Fsp3) is 0.150. The molecule has 7 heteroatoms. The van der Waals surface area contributed by atoms with Gasteiger partial charge < -0.3 is 9.84 Å². The van der Waals surface area contributed by atoms with Crippen molar-refractivity contribution in [1.82, 2.24) is 0 Å². The zero-order chi connectivity index (χ0) is 19.4. The number of anilines is 1. The molecule has 0 bridgehead atoms. The van der Waals surface area contributed by atoms with E-state index in [0.717, 1.165) is 17.7 Å². The fourth-order valence-electron chi connectivity index (χ4n) is 2.53. The van der Waals surface area contributed by atoms with E-state index < -0.39 is 12.6 Å². The first kappa shape index (κ1) is 19.1. The van der Waals surface area contributed by atoms with Crippen LogP contribution in [0.15, 0.2) is 53.4 Å². The van der Waals surface area contributed by atoms with Gasteiger partial charge in [-0.05, 0) is 47.9 Å². The Labute approximate surface area is 166 Å². The van der Waals surface area contributed by atoms with E-state index in [2.05, 4.69) is 6.92 Å². The molecule has 3 rings (SSSR count). The number of rotatable bonds is 6. The summed E-state index contributed by atoms with van der Waals surface area (Å²) in [5.41, 5.74) is 2.76. The number of aryl methyl sites for hydroxylation is 1. The average Bonchev–Trinajstić information content (AvgIpc) is 2.94. The van der Waals surface area contributed by atoms with Crippen molar-refractivity contribution in [3.63, 3.8) is 0 Å². The number of hydrogen-bond donors (Lipinski definition) is 1. The third kappa shape index (κ3) is 4.56. The van der Waals surface area contributed by atoms with Crippen LogP contribution in [0.5, 0.6) is 5.75 Å². The molecule has 0 unspecified atom stereocenters. The lowest BCUT2D eigenvalue weighted by Gasteiger charge is -2.14. The first-order valence-corrected chi connectivity index (χ1v) is 9.52. The standard InChI is InChI=1S/C20H17NO4S2/c1-2-13-3-7-15(8-4-13)21-19(24)17(27-20(21)26)11-14-5-9-16(10-6-14)25-12-18(22)23/h3-11H,2,12H2,1H3,(H,22,23)/b17-11+. The van der Waals surface area contributed by atoms with Gasteiger partial charge in [-0.1, -0.05) is 55.2 Å². The SMILES string of the molecule is CCc1ccc(N2C(=O)/C(=C\c3ccc(OCC(=O)O)cc3)SC2=S)cc1. The van der Waals surface area contributed by atoms with E-state index in [-0.39, 0.29) is 5.91 Å². The zero-order valence-electron chi connectivity index (χ0n) is 14.5. The molecule has 1 N–H and O–H groups in total. The van der Waals surface area contributed by atoms with Gasteiger partial charge in [-0.3, -0.25) is 9.69 Å². The molecule has 138 valence electrons. The summed E-state index contributed by atoms with van der Waals surface area (Å²) in [5.74, 6) is -0.728. The van der Waals surface area contributed by atoms with E-state index in [9.17, 15) is 9.59 Å². The van der Waals surface area contributed by atoms with Gasteiger partial charge in [-0.2, -0.15) is 0 Å². The van der Waals surface area contributed by atoms with Crippen molar-refractivity contribution in [2.75, 3.05) is 11.5 Å². The number of benzene rings is 2. The van der Waals surface area contributed by atoms with Gasteiger partial charge in [0.1, 0.15) is 5.75 Å². The lowest BCUT2D eigenvalue weighted by atomic mass is 10.1. The third-order valence-electron chi connectivity index (χ3n) is 3.94. The summed E-state index contributed by atoms with van der Waals surface area (Å²) in [7, 11) is 0. The van der Waals surface area contributed by atoms with Crippen molar-refractivity contribution >= 4 is 51.9 Å². The van der Waals surface area contributed by atoms with Crippen LogP contribution in [-0.2, 0) is 16.0 Å². The smallest absolute Gasteiger partial charge is 0.341 e. The van der Waals surface area contributed by atoms with Gasteiger partial charge in [0.2, 0.25) is 0 Å². The Bertz CT molecular complexity index is 905. The molecule has 1 saturated heterocycles. The predicted octanol–water partition coefficient (Wildman–Crippen LogP) is 4.12. The predicted molar refractivity (Wildman–Crippen MR) is 111 cm³/mol. The number of thioether (sulfide) groups is 1. The second-order valence-corrected chi connectivity index (χ2v) is 7.46. The molecule has 2 aromatic carbocycles. The average molecular weight is 399 g/mol. The summed E-state index contributed by atoms with van der Waals surface area (Å²) in [6, 6.07) is 14.7. The highest BCUT2D eigenvalue weighted by molar-refractivity contribution is 8.27. The van der Waals surface area contributed by atoms with Crippen molar-refractivity contribution in [3.8, 4) is 5.75 Å². The summed E-state index contributed by atoms with van der Waals surface area (Å²) in [5, 5.41) is 8.63. The Morgan fingerprint density at radius 1 is 1.19 bits per heavy atom. The van der Waals surface area contributed by atoms with Gasteiger partial charge in [-0.25, -0.2) is 4.79 Å². The molecule has 1 fully saturated rings. The van der Waals surface area contributed by atoms with Gasteiger partial charge in [-0.15, -0.1) is 0 Å². The second-order valence-electron chi connectivity index (χ2n) is 5.79. The quantitative estimate of drug-likeness (QED) is 0.582. The first-order valence-electron chi connectivity index (χ1n) is 8.29. The van der Waals surface area contributed by atoms with Crippen molar-refractivity contribution in [3.05, 3.63) is 64.6 Å². The Morgan fingerprint density at radius 3 is 2.44 bits per heavy atom. The summed E-state index contributed by atoms with van der Waals surface area (Å²) in [6.45, 7) is 1.68. The van der Waals surface area contributed by atoms with Crippen LogP contribution in [0.25, 0.3) is 6.08 Å². The maximum atomic E-state index is 12.8. The van der Waals surface area contributed by atoms with Crippen molar-refractivity contribution < 1.29 is 19.4 Å². The maximum Gasteiger partial charge on any atom is 0.341 e. The molecule has 1 aliphatic rings. The largest absolute Gasteiger partial charge is 0.482 e. The molecule has 0 spiro atoms. The Kier molecular flexibility index (Phi) is 5.93. The number of carbonyl (C=O) groups excluding carboxylic acids is 1. The van der Waals surface area contributed by atoms with Crippen LogP contribution < -0.4 is 9.64 Å². The Hall–Kier alpha value is -2.64. The molecular formula is C20H17NO4S2. The zero-order valence-corrected chi connectivity index (χ0v) is 16.2. The molecule has 0 saturated carbocycles. The van der Waals surface area contributed by atoms with Crippen molar-refractivity contribution in [2.45, 2.75) is 13.3 Å². The van der Waals surface area contributed by atoms with E-state index in [1.165, 1.54) is 22.2 Å². The number of carboxylic acids is 1. The minimum Gasteiger partial charge on any atom is -0.482 e. The highest BCUT2D eigenvalue weighted by atomic mass is 32.2. The van der Waals surface area contributed by atoms with Gasteiger partial charge in [0, 0.05) is 0 Å². The summed E-state index contributed by atoms with van der Waals surface area (Å²) in [6.07, 6.45) is 2.70. The molecule has 5 nitrogen and oxygen atoms in total. The summed E-state index contributed by atoms with van der Waals surface area (Å²) < 4.78 is 5.60. The second kappa shape index (κ2) is 8.37. The minimum absolute atomic E-state index is 0.152.